The number of amides is 3. The van der Waals surface area contributed by atoms with Crippen molar-refractivity contribution in [2.24, 2.45) is 0 Å². The van der Waals surface area contributed by atoms with Crippen molar-refractivity contribution in [3.63, 3.8) is 0 Å². The second-order valence-electron chi connectivity index (χ2n) is 7.22. The van der Waals surface area contributed by atoms with E-state index in [1.54, 1.807) is 12.1 Å². The molecule has 0 bridgehead atoms. The van der Waals surface area contributed by atoms with Crippen molar-refractivity contribution in [3.05, 3.63) is 59.7 Å². The van der Waals surface area contributed by atoms with Crippen molar-refractivity contribution in [1.82, 2.24) is 10.6 Å². The summed E-state index contributed by atoms with van der Waals surface area (Å²) in [6.07, 6.45) is 2.28. The highest BCUT2D eigenvalue weighted by Crippen LogP contribution is 2.32. The van der Waals surface area contributed by atoms with Crippen LogP contribution in [0.5, 0.6) is 0 Å². The summed E-state index contributed by atoms with van der Waals surface area (Å²) in [6.45, 7) is 2.04. The fourth-order valence-electron chi connectivity index (χ4n) is 3.27. The van der Waals surface area contributed by atoms with Gasteiger partial charge in [0.15, 0.2) is 6.61 Å². The Morgan fingerprint density at radius 2 is 1.88 bits per heavy atom. The molecular weight excluding hydrogens is 434 g/mol. The molecule has 0 aromatic heterocycles. The minimum atomic E-state index is -3.87. The molecule has 0 unspecified atom stereocenters. The van der Waals surface area contributed by atoms with Crippen LogP contribution in [-0.2, 0) is 26.0 Å². The van der Waals surface area contributed by atoms with Crippen LogP contribution in [0.25, 0.3) is 0 Å². The molecule has 10 heteroatoms. The molecule has 2 aromatic rings. The van der Waals surface area contributed by atoms with E-state index in [1.807, 2.05) is 19.1 Å². The number of nitrogens with zero attached hydrogens (tertiary/aromatic N) is 1. The van der Waals surface area contributed by atoms with Crippen molar-refractivity contribution in [2.45, 2.75) is 31.1 Å². The van der Waals surface area contributed by atoms with Crippen LogP contribution < -0.4 is 14.9 Å². The van der Waals surface area contributed by atoms with Gasteiger partial charge in [-0.1, -0.05) is 37.6 Å². The largest absolute Gasteiger partial charge is 0.452 e. The van der Waals surface area contributed by atoms with Crippen LogP contribution in [0.3, 0.4) is 0 Å². The molecule has 0 spiro atoms. The highest BCUT2D eigenvalue weighted by Gasteiger charge is 2.31. The number of esters is 1. The number of nitrogens with one attached hydrogen (secondary N) is 2. The van der Waals surface area contributed by atoms with E-state index in [1.165, 1.54) is 28.6 Å². The number of carbonyl (C=O) groups excluding carboxylic acids is 3. The van der Waals surface area contributed by atoms with Gasteiger partial charge in [0.25, 0.3) is 15.9 Å². The minimum absolute atomic E-state index is 0.0150. The standard InChI is InChI=1S/C22H25N3O6S/c1-2-3-12-23-22(28)24-20(26)15-31-21(27)17-8-6-9-18(14-17)32(29,30)25-13-11-16-7-4-5-10-19(16)25/h4-10,14H,2-3,11-13,15H2,1H3,(H2,23,24,26,28). The van der Waals surface area contributed by atoms with Gasteiger partial charge < -0.3 is 10.1 Å². The van der Waals surface area contributed by atoms with Gasteiger partial charge in [0.1, 0.15) is 0 Å². The van der Waals surface area contributed by atoms with E-state index in [0.717, 1.165) is 18.4 Å². The molecule has 0 atom stereocenters. The van der Waals surface area contributed by atoms with Crippen molar-refractivity contribution < 1.29 is 27.5 Å². The Bertz CT molecular complexity index is 1120. The Kier molecular flexibility index (Phi) is 7.47. The first kappa shape index (κ1) is 23.3. The Morgan fingerprint density at radius 1 is 1.09 bits per heavy atom. The Morgan fingerprint density at radius 3 is 2.66 bits per heavy atom. The third-order valence-corrected chi connectivity index (χ3v) is 6.71. The average Bonchev–Trinajstić information content (AvgIpc) is 3.23. The van der Waals surface area contributed by atoms with E-state index in [4.69, 9.17) is 4.74 Å². The van der Waals surface area contributed by atoms with Gasteiger partial charge in [-0.05, 0) is 42.7 Å². The number of hydrogen-bond donors (Lipinski definition) is 2. The number of unbranched alkanes of at least 4 members (excludes halogenated alkanes) is 1. The number of ether oxygens (including phenoxy) is 1. The second-order valence-corrected chi connectivity index (χ2v) is 9.08. The molecule has 3 rings (SSSR count). The lowest BCUT2D eigenvalue weighted by Gasteiger charge is -2.19. The molecule has 32 heavy (non-hydrogen) atoms. The number of sulfonamides is 1. The summed E-state index contributed by atoms with van der Waals surface area (Å²) in [5.41, 5.74) is 1.55. The van der Waals surface area contributed by atoms with Crippen molar-refractivity contribution in [2.75, 3.05) is 24.0 Å². The van der Waals surface area contributed by atoms with Gasteiger partial charge in [-0.15, -0.1) is 0 Å². The summed E-state index contributed by atoms with van der Waals surface area (Å²) in [7, 11) is -3.87. The molecule has 0 fully saturated rings. The maximum atomic E-state index is 13.1. The smallest absolute Gasteiger partial charge is 0.338 e. The first-order valence-electron chi connectivity index (χ1n) is 10.3. The molecule has 2 N–H and O–H groups in total. The summed E-state index contributed by atoms with van der Waals surface area (Å²) in [5.74, 6) is -1.66. The summed E-state index contributed by atoms with van der Waals surface area (Å²) in [5, 5.41) is 4.57. The zero-order valence-electron chi connectivity index (χ0n) is 17.7. The molecule has 0 saturated heterocycles. The third-order valence-electron chi connectivity index (χ3n) is 4.91. The first-order chi connectivity index (χ1) is 15.3. The van der Waals surface area contributed by atoms with Crippen LogP contribution in [0.4, 0.5) is 10.5 Å². The SMILES string of the molecule is CCCCNC(=O)NC(=O)COC(=O)c1cccc(S(=O)(=O)N2CCc3ccccc32)c1. The van der Waals surface area contributed by atoms with Crippen molar-refractivity contribution in [3.8, 4) is 0 Å². The number of benzene rings is 2. The number of hydrogen-bond acceptors (Lipinski definition) is 6. The van der Waals surface area contributed by atoms with Gasteiger partial charge in [-0.2, -0.15) is 0 Å². The van der Waals surface area contributed by atoms with Crippen LogP contribution in [-0.4, -0.2) is 46.0 Å². The van der Waals surface area contributed by atoms with Gasteiger partial charge >= 0.3 is 12.0 Å². The quantitative estimate of drug-likeness (QED) is 0.461. The number of rotatable bonds is 8. The van der Waals surface area contributed by atoms with Gasteiger partial charge in [0, 0.05) is 13.1 Å². The first-order valence-corrected chi connectivity index (χ1v) is 11.7. The van der Waals surface area contributed by atoms with Crippen LogP contribution in [0, 0.1) is 0 Å². The normalized spacial score (nSPS) is 12.7. The van der Waals surface area contributed by atoms with E-state index in [9.17, 15) is 22.8 Å². The van der Waals surface area contributed by atoms with E-state index < -0.39 is 34.5 Å². The number of fused-ring (bicyclic) bond motifs is 1. The summed E-state index contributed by atoms with van der Waals surface area (Å²) < 4.78 is 32.5. The molecule has 0 saturated carbocycles. The molecule has 9 nitrogen and oxygen atoms in total. The number of imide groups is 1. The van der Waals surface area contributed by atoms with E-state index in [2.05, 4.69) is 10.6 Å². The van der Waals surface area contributed by atoms with E-state index >= 15 is 0 Å². The molecule has 1 aliphatic heterocycles. The lowest BCUT2D eigenvalue weighted by Crippen LogP contribution is -2.41. The number of para-hydroxylation sites is 1. The van der Waals surface area contributed by atoms with Gasteiger partial charge in [-0.3, -0.25) is 14.4 Å². The predicted octanol–water partition coefficient (Wildman–Crippen LogP) is 2.22. The second kappa shape index (κ2) is 10.3. The maximum absolute atomic E-state index is 13.1. The molecule has 3 amide bonds. The summed E-state index contributed by atoms with van der Waals surface area (Å²) in [6, 6.07) is 12.0. The van der Waals surface area contributed by atoms with E-state index in [-0.39, 0.29) is 10.5 Å². The van der Waals surface area contributed by atoms with Crippen LogP contribution in [0.2, 0.25) is 0 Å². The lowest BCUT2D eigenvalue weighted by atomic mass is 10.2. The monoisotopic (exact) mass is 459 g/mol. The maximum Gasteiger partial charge on any atom is 0.338 e. The number of carbonyl (C=O) groups is 3. The molecule has 170 valence electrons. The third kappa shape index (κ3) is 5.44. The molecule has 2 aromatic carbocycles. The van der Waals surface area contributed by atoms with Gasteiger partial charge in [0.05, 0.1) is 16.1 Å². The molecular formula is C22H25N3O6S. The summed E-state index contributed by atoms with van der Waals surface area (Å²) in [4.78, 5) is 35.6. The highest BCUT2D eigenvalue weighted by molar-refractivity contribution is 7.92. The Balaban J connectivity index is 1.63. The summed E-state index contributed by atoms with van der Waals surface area (Å²) >= 11 is 0. The van der Waals surface area contributed by atoms with Crippen molar-refractivity contribution in [1.29, 1.82) is 0 Å². The zero-order valence-corrected chi connectivity index (χ0v) is 18.5. The average molecular weight is 460 g/mol. The topological polar surface area (TPSA) is 122 Å². The fraction of sp³-hybridized carbons (Fsp3) is 0.318. The zero-order chi connectivity index (χ0) is 23.1. The van der Waals surface area contributed by atoms with Crippen LogP contribution in [0.15, 0.2) is 53.4 Å². The highest BCUT2D eigenvalue weighted by atomic mass is 32.2. The fourth-order valence-corrected chi connectivity index (χ4v) is 4.82. The van der Waals surface area contributed by atoms with Gasteiger partial charge in [0.2, 0.25) is 0 Å². The minimum Gasteiger partial charge on any atom is -0.452 e. The number of anilines is 1. The van der Waals surface area contributed by atoms with Crippen LogP contribution >= 0.6 is 0 Å². The van der Waals surface area contributed by atoms with E-state index in [0.29, 0.717) is 25.2 Å². The molecule has 1 heterocycles. The molecule has 0 aliphatic carbocycles. The predicted molar refractivity (Wildman–Crippen MR) is 118 cm³/mol. The lowest BCUT2D eigenvalue weighted by molar-refractivity contribution is -0.123. The number of urea groups is 1. The molecule has 1 aliphatic rings. The van der Waals surface area contributed by atoms with Crippen molar-refractivity contribution >= 4 is 33.6 Å². The van der Waals surface area contributed by atoms with Crippen LogP contribution in [0.1, 0.15) is 35.7 Å². The molecule has 0 radical (unpaired) electrons. The Labute approximate surface area is 186 Å². The Hall–Kier alpha value is -3.40. The van der Waals surface area contributed by atoms with Gasteiger partial charge in [-0.25, -0.2) is 18.0 Å².